The zero-order valence-corrected chi connectivity index (χ0v) is 18.1. The Kier molecular flexibility index (Phi) is 13.0. The van der Waals surface area contributed by atoms with Crippen LogP contribution in [0, 0.1) is 0 Å². The Morgan fingerprint density at radius 3 is 1.52 bits per heavy atom. The van der Waals surface area contributed by atoms with Crippen LogP contribution in [0.15, 0.2) is 82.8 Å². The van der Waals surface area contributed by atoms with Crippen molar-refractivity contribution in [2.24, 2.45) is 9.98 Å². The van der Waals surface area contributed by atoms with Gasteiger partial charge < -0.3 is 10.2 Å². The quantitative estimate of drug-likeness (QED) is 0.347. The van der Waals surface area contributed by atoms with E-state index in [0.717, 1.165) is 0 Å². The number of allylic oxidation sites excluding steroid dienone is 4. The summed E-state index contributed by atoms with van der Waals surface area (Å²) in [5.74, 6) is 0.433. The van der Waals surface area contributed by atoms with Gasteiger partial charge in [-0.3, -0.25) is 9.98 Å². The molecule has 0 saturated carbocycles. The third-order valence-corrected chi connectivity index (χ3v) is 4.07. The van der Waals surface area contributed by atoms with E-state index in [1.807, 2.05) is 12.1 Å². The van der Waals surface area contributed by atoms with E-state index in [2.05, 4.69) is 34.3 Å². The smallest absolute Gasteiger partial charge is 0.124 e. The number of nitrogens with zero attached hydrogens (tertiary/aromatic N) is 2. The summed E-state index contributed by atoms with van der Waals surface area (Å²) in [5, 5.41) is 19.1. The molecule has 1 radical (unpaired) electrons. The average molecular weight is 479 g/mol. The summed E-state index contributed by atoms with van der Waals surface area (Å²) in [5.41, 5.74) is 1.38. The maximum absolute atomic E-state index is 9.54. The van der Waals surface area contributed by atoms with E-state index in [4.69, 9.17) is 0 Å². The van der Waals surface area contributed by atoms with Crippen LogP contribution in [0.5, 0.6) is 11.5 Å². The van der Waals surface area contributed by atoms with Crippen LogP contribution in [0.4, 0.5) is 0 Å². The van der Waals surface area contributed by atoms with Crippen molar-refractivity contribution in [3.05, 3.63) is 84.0 Å². The number of phenols is 2. The molecule has 0 aliphatic heterocycles. The molecule has 0 aromatic heterocycles. The van der Waals surface area contributed by atoms with Gasteiger partial charge in [-0.1, -0.05) is 48.6 Å². The van der Waals surface area contributed by atoms with Crippen LogP contribution in [0.2, 0.25) is 0 Å². The zero-order valence-electron chi connectivity index (χ0n) is 16.4. The second kappa shape index (κ2) is 15.4. The van der Waals surface area contributed by atoms with Gasteiger partial charge in [-0.2, -0.15) is 0 Å². The van der Waals surface area contributed by atoms with Gasteiger partial charge >= 0.3 is 0 Å². The van der Waals surface area contributed by atoms with Crippen molar-refractivity contribution in [3.8, 4) is 11.5 Å². The minimum atomic E-state index is 0. The predicted octanol–water partition coefficient (Wildman–Crippen LogP) is 5.31. The molecule has 3 rings (SSSR count). The van der Waals surface area contributed by atoms with E-state index >= 15 is 0 Å². The monoisotopic (exact) mass is 479 g/mol. The molecule has 0 unspecified atom stereocenters. The molecular formula is C24H28N2O2Rh. The molecule has 29 heavy (non-hydrogen) atoms. The molecule has 2 aromatic rings. The average Bonchev–Trinajstić information content (AvgIpc) is 2.67. The third-order valence-electron chi connectivity index (χ3n) is 4.07. The van der Waals surface area contributed by atoms with Gasteiger partial charge in [0.15, 0.2) is 0 Å². The number of phenolic OH excluding ortho intramolecular Hbond substituents is 2. The van der Waals surface area contributed by atoms with Gasteiger partial charge in [-0.25, -0.2) is 0 Å². The minimum absolute atomic E-state index is 0. The van der Waals surface area contributed by atoms with Crippen LogP contribution in [0.1, 0.15) is 36.8 Å². The van der Waals surface area contributed by atoms with Crippen LogP contribution in [-0.2, 0) is 19.5 Å². The summed E-state index contributed by atoms with van der Waals surface area (Å²) in [6.45, 7) is 1.05. The maximum Gasteiger partial charge on any atom is 0.124 e. The van der Waals surface area contributed by atoms with Crippen molar-refractivity contribution in [2.45, 2.75) is 25.7 Å². The number of hydrogen-bond donors (Lipinski definition) is 2. The van der Waals surface area contributed by atoms with Crippen LogP contribution in [0.3, 0.4) is 0 Å². The molecule has 2 aromatic carbocycles. The Labute approximate surface area is 186 Å². The molecule has 0 atom stereocenters. The Morgan fingerprint density at radius 2 is 1.10 bits per heavy atom. The van der Waals surface area contributed by atoms with E-state index in [9.17, 15) is 10.2 Å². The number of benzene rings is 2. The standard InChI is InChI=1S/C16H16N2O2.C8H12.Rh/c19-15-7-3-1-5-13(15)11-17-9-10-18-12-14-6-2-4-8-16(14)20;1-2-4-6-8-7-5-3-1;/h1-8,11-12,19-20H,9-10H2;1-4H,5-8H2;/b17-11+,18-12+;3-1-,4-2-;. The molecule has 2 N–H and O–H groups in total. The number of aromatic hydroxyl groups is 2. The topological polar surface area (TPSA) is 65.2 Å². The minimum Gasteiger partial charge on any atom is -0.507 e. The van der Waals surface area contributed by atoms with E-state index in [0.29, 0.717) is 24.2 Å². The van der Waals surface area contributed by atoms with E-state index in [1.54, 1.807) is 48.8 Å². The molecule has 0 bridgehead atoms. The van der Waals surface area contributed by atoms with Gasteiger partial charge in [0.25, 0.3) is 0 Å². The van der Waals surface area contributed by atoms with Gasteiger partial charge in [0, 0.05) is 43.0 Å². The number of para-hydroxylation sites is 2. The fourth-order valence-corrected chi connectivity index (χ4v) is 2.51. The first-order valence-corrected chi connectivity index (χ1v) is 9.64. The van der Waals surface area contributed by atoms with Crippen LogP contribution < -0.4 is 0 Å². The molecule has 0 fully saturated rings. The summed E-state index contributed by atoms with van der Waals surface area (Å²) < 4.78 is 0. The molecule has 1 aliphatic rings. The first-order chi connectivity index (χ1) is 13.8. The third kappa shape index (κ3) is 10.6. The normalized spacial score (nSPS) is 15.6. The van der Waals surface area contributed by atoms with Crippen LogP contribution in [0.25, 0.3) is 0 Å². The van der Waals surface area contributed by atoms with Crippen molar-refractivity contribution < 1.29 is 29.7 Å². The summed E-state index contributed by atoms with van der Waals surface area (Å²) in [6.07, 6.45) is 17.3. The Bertz CT molecular complexity index is 760. The second-order valence-corrected chi connectivity index (χ2v) is 6.33. The Hall–Kier alpha value is -2.52. The maximum atomic E-state index is 9.54. The van der Waals surface area contributed by atoms with Crippen molar-refractivity contribution in [1.82, 2.24) is 0 Å². The molecule has 155 valence electrons. The Morgan fingerprint density at radius 1 is 0.690 bits per heavy atom. The first-order valence-electron chi connectivity index (χ1n) is 9.64. The van der Waals surface area contributed by atoms with Crippen LogP contribution in [-0.4, -0.2) is 35.7 Å². The van der Waals surface area contributed by atoms with Gasteiger partial charge in [0.1, 0.15) is 11.5 Å². The van der Waals surface area contributed by atoms with Crippen molar-refractivity contribution >= 4 is 12.4 Å². The molecule has 1 aliphatic carbocycles. The summed E-state index contributed by atoms with van der Waals surface area (Å²) in [7, 11) is 0. The summed E-state index contributed by atoms with van der Waals surface area (Å²) in [4.78, 5) is 8.39. The molecule has 0 saturated heterocycles. The Balaban J connectivity index is 0.000000394. The van der Waals surface area contributed by atoms with Gasteiger partial charge in [-0.15, -0.1) is 0 Å². The number of aliphatic imine (C=N–C) groups is 2. The molecule has 0 amide bonds. The SMILES string of the molecule is C1=C\CCCC\C=C/1.Oc1ccccc1/C=N/CC/N=C/c1ccccc1O.[Rh]. The van der Waals surface area contributed by atoms with Crippen molar-refractivity contribution in [2.75, 3.05) is 13.1 Å². The van der Waals surface area contributed by atoms with Crippen molar-refractivity contribution in [3.63, 3.8) is 0 Å². The molecule has 0 spiro atoms. The van der Waals surface area contributed by atoms with E-state index in [1.165, 1.54) is 25.7 Å². The van der Waals surface area contributed by atoms with E-state index in [-0.39, 0.29) is 31.0 Å². The number of hydrogen-bond acceptors (Lipinski definition) is 4. The van der Waals surface area contributed by atoms with Gasteiger partial charge in [0.2, 0.25) is 0 Å². The first kappa shape index (κ1) is 24.5. The van der Waals surface area contributed by atoms with E-state index < -0.39 is 0 Å². The number of rotatable bonds is 5. The predicted molar refractivity (Wildman–Crippen MR) is 118 cm³/mol. The molecule has 5 heteroatoms. The second-order valence-electron chi connectivity index (χ2n) is 6.33. The van der Waals surface area contributed by atoms with Gasteiger partial charge in [0.05, 0.1) is 13.1 Å². The fourth-order valence-electron chi connectivity index (χ4n) is 2.51. The molecular weight excluding hydrogens is 451 g/mol. The van der Waals surface area contributed by atoms with Gasteiger partial charge in [-0.05, 0) is 49.9 Å². The molecule has 4 nitrogen and oxygen atoms in total. The largest absolute Gasteiger partial charge is 0.507 e. The zero-order chi connectivity index (χ0) is 19.9. The molecule has 0 heterocycles. The summed E-state index contributed by atoms with van der Waals surface area (Å²) >= 11 is 0. The fraction of sp³-hybridized carbons (Fsp3) is 0.250. The van der Waals surface area contributed by atoms with Crippen molar-refractivity contribution in [1.29, 1.82) is 0 Å². The van der Waals surface area contributed by atoms with Crippen LogP contribution >= 0.6 is 0 Å². The summed E-state index contributed by atoms with van der Waals surface area (Å²) in [6, 6.07) is 14.1.